The van der Waals surface area contributed by atoms with Crippen molar-refractivity contribution in [1.82, 2.24) is 4.57 Å². The lowest BCUT2D eigenvalue weighted by Crippen LogP contribution is -2.57. The number of fused-ring (bicyclic) bond motifs is 8. The lowest BCUT2D eigenvalue weighted by molar-refractivity contribution is 0.463. The fourth-order valence-corrected chi connectivity index (χ4v) is 8.56. The molecule has 3 heterocycles. The van der Waals surface area contributed by atoms with Crippen LogP contribution in [-0.2, 0) is 29.1 Å². The molecule has 0 fully saturated rings. The molecule has 0 N–H and O–H groups in total. The van der Waals surface area contributed by atoms with E-state index in [0.29, 0.717) is 0 Å². The highest BCUT2D eigenvalue weighted by Gasteiger charge is 2.41. The smallest absolute Gasteiger partial charge is 0.260 e. The molecule has 3 nitrogen and oxygen atoms in total. The van der Waals surface area contributed by atoms with Crippen molar-refractivity contribution < 1.29 is 9.47 Å². The maximum Gasteiger partial charge on any atom is 0.260 e. The van der Waals surface area contributed by atoms with Gasteiger partial charge in [-0.15, -0.1) is 0 Å². The van der Waals surface area contributed by atoms with Crippen molar-refractivity contribution in [2.75, 3.05) is 0 Å². The van der Waals surface area contributed by atoms with E-state index in [1.54, 1.807) is 0 Å². The lowest BCUT2D eigenvalue weighted by atomic mass is 9.34. The Balaban J connectivity index is 1.37. The largest absolute Gasteiger partial charge is 0.458 e. The van der Waals surface area contributed by atoms with Crippen LogP contribution in [0.3, 0.4) is 0 Å². The van der Waals surface area contributed by atoms with Crippen molar-refractivity contribution in [3.05, 3.63) is 106 Å². The van der Waals surface area contributed by atoms with Crippen LogP contribution in [-0.4, -0.2) is 11.3 Å². The Labute approximate surface area is 297 Å². The average Bonchev–Trinajstić information content (AvgIpc) is 3.61. The minimum Gasteiger partial charge on any atom is -0.458 e. The van der Waals surface area contributed by atoms with Crippen molar-refractivity contribution in [3.63, 3.8) is 0 Å². The Kier molecular flexibility index (Phi) is 6.50. The van der Waals surface area contributed by atoms with Gasteiger partial charge >= 0.3 is 0 Å². The zero-order chi connectivity index (χ0) is 35.1. The van der Waals surface area contributed by atoms with Crippen LogP contribution >= 0.6 is 0 Å². The molecule has 1 aliphatic carbocycles. The van der Waals surface area contributed by atoms with E-state index in [2.05, 4.69) is 147 Å². The van der Waals surface area contributed by atoms with Gasteiger partial charge in [0.05, 0.1) is 11.0 Å². The molecule has 0 bridgehead atoms. The number of aryl methyl sites for hydroxylation is 3. The molecule has 252 valence electrons. The van der Waals surface area contributed by atoms with Gasteiger partial charge < -0.3 is 14.0 Å². The molecule has 0 atom stereocenters. The van der Waals surface area contributed by atoms with E-state index in [-0.39, 0.29) is 23.0 Å². The topological polar surface area (TPSA) is 23.4 Å². The average molecular weight is 658 g/mol. The van der Waals surface area contributed by atoms with Gasteiger partial charge in [-0.3, -0.25) is 0 Å². The second-order valence-corrected chi connectivity index (χ2v) is 18.3. The van der Waals surface area contributed by atoms with Crippen LogP contribution in [0.5, 0.6) is 23.0 Å². The van der Waals surface area contributed by atoms with Crippen molar-refractivity contribution in [3.8, 4) is 28.7 Å². The third kappa shape index (κ3) is 4.78. The van der Waals surface area contributed by atoms with E-state index in [0.717, 1.165) is 46.9 Å². The molecule has 4 heteroatoms. The molecule has 0 unspecified atom stereocenters. The Morgan fingerprint density at radius 3 is 1.74 bits per heavy atom. The summed E-state index contributed by atoms with van der Waals surface area (Å²) in [5.74, 6) is 3.67. The molecule has 6 aromatic rings. The van der Waals surface area contributed by atoms with Crippen LogP contribution < -0.4 is 25.9 Å². The number of hydrogen-bond acceptors (Lipinski definition) is 2. The van der Waals surface area contributed by atoms with E-state index in [1.807, 2.05) is 0 Å². The molecule has 2 aliphatic heterocycles. The predicted octanol–water partition coefficient (Wildman–Crippen LogP) is 10.2. The second kappa shape index (κ2) is 10.3. The molecule has 9 rings (SSSR count). The summed E-state index contributed by atoms with van der Waals surface area (Å²) in [5.41, 5.74) is 15.5. The molecule has 50 heavy (non-hydrogen) atoms. The standard InChI is InChI=1S/C46H48BNO2/c1-26-16-41-43-42(17-26)50-40-25-38-34(24-36(40)47(43)35-23-29(44(2,3)4)14-15-39(35)49-41)33-18-27-12-11-13-28(27)19-37(33)48(38)32-21-30(45(5,6)7)20-31(22-32)46(8,9)10/h14-25H,11-13H2,1-10H3. The highest BCUT2D eigenvalue weighted by atomic mass is 16.5. The van der Waals surface area contributed by atoms with E-state index in [4.69, 9.17) is 9.47 Å². The summed E-state index contributed by atoms with van der Waals surface area (Å²) in [6, 6.07) is 28.2. The van der Waals surface area contributed by atoms with Crippen molar-refractivity contribution >= 4 is 44.9 Å². The van der Waals surface area contributed by atoms with Gasteiger partial charge in [-0.2, -0.15) is 0 Å². The van der Waals surface area contributed by atoms with Crippen LogP contribution in [0.4, 0.5) is 0 Å². The minimum atomic E-state index is 0.0138. The quantitative estimate of drug-likeness (QED) is 0.164. The molecular weight excluding hydrogens is 609 g/mol. The first-order valence-corrected chi connectivity index (χ1v) is 18.5. The first kappa shape index (κ1) is 31.5. The summed E-state index contributed by atoms with van der Waals surface area (Å²) < 4.78 is 16.1. The Hall–Kier alpha value is -4.44. The van der Waals surface area contributed by atoms with Gasteiger partial charge in [0.15, 0.2) is 0 Å². The monoisotopic (exact) mass is 657 g/mol. The molecule has 5 aromatic carbocycles. The highest BCUT2D eigenvalue weighted by Crippen LogP contribution is 2.42. The van der Waals surface area contributed by atoms with Crippen molar-refractivity contribution in [2.45, 2.75) is 105 Å². The maximum absolute atomic E-state index is 6.96. The third-order valence-corrected chi connectivity index (χ3v) is 11.5. The van der Waals surface area contributed by atoms with Crippen LogP contribution in [0.15, 0.2) is 72.8 Å². The van der Waals surface area contributed by atoms with Crippen molar-refractivity contribution in [1.29, 1.82) is 0 Å². The summed E-state index contributed by atoms with van der Waals surface area (Å²) >= 11 is 0. The molecule has 0 saturated heterocycles. The fourth-order valence-electron chi connectivity index (χ4n) is 8.56. The number of hydrogen-bond donors (Lipinski definition) is 0. The molecule has 0 amide bonds. The second-order valence-electron chi connectivity index (χ2n) is 18.3. The Morgan fingerprint density at radius 2 is 1.10 bits per heavy atom. The summed E-state index contributed by atoms with van der Waals surface area (Å²) in [5, 5.41) is 2.61. The minimum absolute atomic E-state index is 0.0138. The Bertz CT molecular complexity index is 2390. The van der Waals surface area contributed by atoms with Crippen LogP contribution in [0, 0.1) is 6.92 Å². The highest BCUT2D eigenvalue weighted by molar-refractivity contribution is 6.98. The van der Waals surface area contributed by atoms with E-state index in [9.17, 15) is 0 Å². The number of rotatable bonds is 1. The normalized spacial score (nSPS) is 15.0. The summed E-state index contributed by atoms with van der Waals surface area (Å²) in [6.45, 7) is 23.0. The third-order valence-electron chi connectivity index (χ3n) is 11.5. The number of nitrogens with zero attached hydrogens (tertiary/aromatic N) is 1. The molecule has 0 radical (unpaired) electrons. The Morgan fingerprint density at radius 1 is 0.540 bits per heavy atom. The molecule has 1 aromatic heterocycles. The van der Waals surface area contributed by atoms with Gasteiger partial charge in [0.25, 0.3) is 6.71 Å². The molecular formula is C46H48BNO2. The number of aromatic nitrogens is 1. The predicted molar refractivity (Wildman–Crippen MR) is 211 cm³/mol. The fraction of sp³-hybridized carbons (Fsp3) is 0.348. The summed E-state index contributed by atoms with van der Waals surface area (Å²) in [4.78, 5) is 0. The summed E-state index contributed by atoms with van der Waals surface area (Å²) in [7, 11) is 0. The summed E-state index contributed by atoms with van der Waals surface area (Å²) in [6.07, 6.45) is 3.53. The van der Waals surface area contributed by atoms with Gasteiger partial charge in [0.2, 0.25) is 0 Å². The zero-order valence-corrected chi connectivity index (χ0v) is 31.4. The number of ether oxygens (including phenoxy) is 2. The molecule has 0 spiro atoms. The van der Waals surface area contributed by atoms with Gasteiger partial charge in [0, 0.05) is 28.0 Å². The zero-order valence-electron chi connectivity index (χ0n) is 31.4. The molecule has 3 aliphatic rings. The van der Waals surface area contributed by atoms with Crippen LogP contribution in [0.2, 0.25) is 0 Å². The van der Waals surface area contributed by atoms with E-state index >= 15 is 0 Å². The van der Waals surface area contributed by atoms with Crippen LogP contribution in [0.25, 0.3) is 27.5 Å². The van der Waals surface area contributed by atoms with E-state index in [1.165, 1.54) is 72.7 Å². The van der Waals surface area contributed by atoms with Gasteiger partial charge in [-0.05, 0) is 129 Å². The molecule has 0 saturated carbocycles. The first-order chi connectivity index (χ1) is 23.5. The van der Waals surface area contributed by atoms with Gasteiger partial charge in [-0.25, -0.2) is 0 Å². The lowest BCUT2D eigenvalue weighted by Gasteiger charge is -2.34. The SMILES string of the molecule is Cc1cc2c3c(c1)Oc1cc4c(cc1B3c1cc(C(C)(C)C)ccc1O2)c1cc2c(cc1n4-c1cc(C(C)(C)C)cc(C(C)(C)C)c1)CCC2. The van der Waals surface area contributed by atoms with E-state index < -0.39 is 0 Å². The van der Waals surface area contributed by atoms with Gasteiger partial charge in [0.1, 0.15) is 23.0 Å². The van der Waals surface area contributed by atoms with Crippen LogP contribution in [0.1, 0.15) is 102 Å². The first-order valence-electron chi connectivity index (χ1n) is 18.5. The van der Waals surface area contributed by atoms with Gasteiger partial charge in [-0.1, -0.05) is 86.6 Å². The maximum atomic E-state index is 6.96. The van der Waals surface area contributed by atoms with Crippen molar-refractivity contribution in [2.24, 2.45) is 0 Å². The number of benzene rings is 5.